The molecule has 2 aromatic heterocycles. The van der Waals surface area contributed by atoms with Gasteiger partial charge in [-0.3, -0.25) is 4.68 Å². The van der Waals surface area contributed by atoms with E-state index in [2.05, 4.69) is 52.4 Å². The van der Waals surface area contributed by atoms with Crippen molar-refractivity contribution in [3.05, 3.63) is 66.2 Å². The molecule has 0 amide bonds. The summed E-state index contributed by atoms with van der Waals surface area (Å²) >= 11 is 0. The summed E-state index contributed by atoms with van der Waals surface area (Å²) < 4.78 is 9.65. The standard InChI is InChI=1S/C20H23N3O/c1-22-15-19(13-21-22)18-4-2-16(3-5-18)12-17-6-9-23(14-17)20-7-10-24-11-8-20/h2-6,9,13-15,20H,7-8,10-12H2,1H3. The molecule has 0 aliphatic carbocycles. The van der Waals surface area contributed by atoms with Gasteiger partial charge in [0.25, 0.3) is 0 Å². The van der Waals surface area contributed by atoms with Gasteiger partial charge in [0.1, 0.15) is 0 Å². The van der Waals surface area contributed by atoms with Gasteiger partial charge < -0.3 is 9.30 Å². The summed E-state index contributed by atoms with van der Waals surface area (Å²) in [6.45, 7) is 1.77. The fourth-order valence-electron chi connectivity index (χ4n) is 3.40. The van der Waals surface area contributed by atoms with Crippen LogP contribution in [0, 0.1) is 0 Å². The molecule has 4 nitrogen and oxygen atoms in total. The molecule has 1 fully saturated rings. The molecule has 124 valence electrons. The normalized spacial score (nSPS) is 15.7. The molecule has 0 N–H and O–H groups in total. The minimum atomic E-state index is 0.598. The molecule has 4 heteroatoms. The lowest BCUT2D eigenvalue weighted by atomic mass is 10.0. The van der Waals surface area contributed by atoms with Crippen molar-refractivity contribution in [2.24, 2.45) is 7.05 Å². The number of aryl methyl sites for hydroxylation is 1. The van der Waals surface area contributed by atoms with Crippen molar-refractivity contribution in [2.75, 3.05) is 13.2 Å². The molecule has 1 saturated heterocycles. The van der Waals surface area contributed by atoms with Crippen LogP contribution in [0.3, 0.4) is 0 Å². The maximum atomic E-state index is 5.45. The number of rotatable bonds is 4. The first-order chi connectivity index (χ1) is 11.8. The molecular weight excluding hydrogens is 298 g/mol. The monoisotopic (exact) mass is 321 g/mol. The van der Waals surface area contributed by atoms with E-state index in [-0.39, 0.29) is 0 Å². The van der Waals surface area contributed by atoms with Crippen LogP contribution in [0.4, 0.5) is 0 Å². The number of ether oxygens (including phenoxy) is 1. The van der Waals surface area contributed by atoms with Crippen molar-refractivity contribution in [3.63, 3.8) is 0 Å². The Morgan fingerprint density at radius 3 is 2.50 bits per heavy atom. The fourth-order valence-corrected chi connectivity index (χ4v) is 3.40. The van der Waals surface area contributed by atoms with Gasteiger partial charge >= 0.3 is 0 Å². The Kier molecular flexibility index (Phi) is 4.22. The molecule has 3 heterocycles. The molecule has 3 aromatic rings. The van der Waals surface area contributed by atoms with Gasteiger partial charge in [0, 0.05) is 50.5 Å². The van der Waals surface area contributed by atoms with Crippen LogP contribution in [-0.4, -0.2) is 27.6 Å². The smallest absolute Gasteiger partial charge is 0.0568 e. The SMILES string of the molecule is Cn1cc(-c2ccc(Cc3ccn(C4CCOCC4)c3)cc2)cn1. The molecule has 0 radical (unpaired) electrons. The second-order valence-corrected chi connectivity index (χ2v) is 6.59. The topological polar surface area (TPSA) is 32.0 Å². The number of benzene rings is 1. The average molecular weight is 321 g/mol. The fraction of sp³-hybridized carbons (Fsp3) is 0.350. The maximum Gasteiger partial charge on any atom is 0.0568 e. The Hall–Kier alpha value is -2.33. The highest BCUT2D eigenvalue weighted by atomic mass is 16.5. The molecule has 0 bridgehead atoms. The van der Waals surface area contributed by atoms with Crippen molar-refractivity contribution in [1.82, 2.24) is 14.3 Å². The van der Waals surface area contributed by atoms with Crippen molar-refractivity contribution < 1.29 is 4.74 Å². The predicted molar refractivity (Wildman–Crippen MR) is 95.0 cm³/mol. The van der Waals surface area contributed by atoms with Crippen molar-refractivity contribution in [1.29, 1.82) is 0 Å². The van der Waals surface area contributed by atoms with Crippen LogP contribution in [-0.2, 0) is 18.2 Å². The van der Waals surface area contributed by atoms with Crippen LogP contribution < -0.4 is 0 Å². The second-order valence-electron chi connectivity index (χ2n) is 6.59. The number of hydrogen-bond donors (Lipinski definition) is 0. The third kappa shape index (κ3) is 3.29. The van der Waals surface area contributed by atoms with Crippen LogP contribution in [0.15, 0.2) is 55.1 Å². The largest absolute Gasteiger partial charge is 0.381 e. The van der Waals surface area contributed by atoms with Gasteiger partial charge in [-0.2, -0.15) is 5.10 Å². The molecule has 1 aliphatic heterocycles. The summed E-state index contributed by atoms with van der Waals surface area (Å²) in [6, 6.07) is 11.6. The number of aromatic nitrogens is 3. The van der Waals surface area contributed by atoms with Gasteiger partial charge in [-0.15, -0.1) is 0 Å². The van der Waals surface area contributed by atoms with Gasteiger partial charge in [-0.1, -0.05) is 24.3 Å². The quantitative estimate of drug-likeness (QED) is 0.731. The highest BCUT2D eigenvalue weighted by Gasteiger charge is 2.15. The summed E-state index contributed by atoms with van der Waals surface area (Å²) in [5.74, 6) is 0. The highest BCUT2D eigenvalue weighted by molar-refractivity contribution is 5.62. The first-order valence-corrected chi connectivity index (χ1v) is 8.60. The zero-order valence-corrected chi connectivity index (χ0v) is 14.1. The summed E-state index contributed by atoms with van der Waals surface area (Å²) in [4.78, 5) is 0. The first-order valence-electron chi connectivity index (χ1n) is 8.60. The Balaban J connectivity index is 1.44. The van der Waals surface area contributed by atoms with Crippen molar-refractivity contribution in [2.45, 2.75) is 25.3 Å². The highest BCUT2D eigenvalue weighted by Crippen LogP contribution is 2.23. The lowest BCUT2D eigenvalue weighted by Crippen LogP contribution is -2.18. The molecule has 24 heavy (non-hydrogen) atoms. The second kappa shape index (κ2) is 6.65. The first kappa shape index (κ1) is 15.2. The van der Waals surface area contributed by atoms with Gasteiger partial charge in [0.2, 0.25) is 0 Å². The molecular formula is C20H23N3O. The van der Waals surface area contributed by atoms with E-state index in [1.54, 1.807) is 0 Å². The van der Waals surface area contributed by atoms with Gasteiger partial charge in [-0.05, 0) is 42.0 Å². The lowest BCUT2D eigenvalue weighted by molar-refractivity contribution is 0.0696. The van der Waals surface area contributed by atoms with Crippen LogP contribution in [0.1, 0.15) is 30.0 Å². The number of hydrogen-bond acceptors (Lipinski definition) is 2. The summed E-state index contributed by atoms with van der Waals surface area (Å²) in [5.41, 5.74) is 5.09. The van der Waals surface area contributed by atoms with E-state index in [4.69, 9.17) is 4.74 Å². The Morgan fingerprint density at radius 2 is 1.79 bits per heavy atom. The van der Waals surface area contributed by atoms with Crippen LogP contribution in [0.2, 0.25) is 0 Å². The third-order valence-corrected chi connectivity index (χ3v) is 4.79. The number of nitrogens with zero attached hydrogens (tertiary/aromatic N) is 3. The van der Waals surface area contributed by atoms with Gasteiger partial charge in [0.05, 0.1) is 6.20 Å². The average Bonchev–Trinajstić information content (AvgIpc) is 3.26. The molecule has 0 saturated carbocycles. The molecule has 1 aliphatic rings. The maximum absolute atomic E-state index is 5.45. The Labute approximate surface area is 142 Å². The van der Waals surface area contributed by atoms with Gasteiger partial charge in [-0.25, -0.2) is 0 Å². The lowest BCUT2D eigenvalue weighted by Gasteiger charge is -2.23. The Morgan fingerprint density at radius 1 is 1.00 bits per heavy atom. The molecule has 0 atom stereocenters. The van der Waals surface area contributed by atoms with E-state index < -0.39 is 0 Å². The molecule has 0 unspecified atom stereocenters. The molecule has 1 aromatic carbocycles. The van der Waals surface area contributed by atoms with E-state index in [1.807, 2.05) is 24.1 Å². The van der Waals surface area contributed by atoms with Crippen LogP contribution in [0.5, 0.6) is 0 Å². The zero-order chi connectivity index (χ0) is 16.4. The summed E-state index contributed by atoms with van der Waals surface area (Å²) in [5, 5.41) is 4.24. The minimum Gasteiger partial charge on any atom is -0.381 e. The van der Waals surface area contributed by atoms with E-state index in [0.717, 1.165) is 38.0 Å². The Bertz CT molecular complexity index is 794. The third-order valence-electron chi connectivity index (χ3n) is 4.79. The van der Waals surface area contributed by atoms with Crippen LogP contribution >= 0.6 is 0 Å². The van der Waals surface area contributed by atoms with Crippen LogP contribution in [0.25, 0.3) is 11.1 Å². The van der Waals surface area contributed by atoms with E-state index in [0.29, 0.717) is 6.04 Å². The molecule has 0 spiro atoms. The van der Waals surface area contributed by atoms with Crippen molar-refractivity contribution in [3.8, 4) is 11.1 Å². The van der Waals surface area contributed by atoms with E-state index >= 15 is 0 Å². The molecule has 4 rings (SSSR count). The minimum absolute atomic E-state index is 0.598. The summed E-state index contributed by atoms with van der Waals surface area (Å²) in [6.07, 6.45) is 11.7. The zero-order valence-electron chi connectivity index (χ0n) is 14.1. The predicted octanol–water partition coefficient (Wildman–Crippen LogP) is 3.83. The van der Waals surface area contributed by atoms with E-state index in [9.17, 15) is 0 Å². The van der Waals surface area contributed by atoms with Crippen molar-refractivity contribution >= 4 is 0 Å². The van der Waals surface area contributed by atoms with E-state index in [1.165, 1.54) is 16.7 Å². The van der Waals surface area contributed by atoms with Gasteiger partial charge in [0.15, 0.2) is 0 Å². The summed E-state index contributed by atoms with van der Waals surface area (Å²) in [7, 11) is 1.95.